The zero-order valence-electron chi connectivity index (χ0n) is 12.5. The second kappa shape index (κ2) is 7.64. The second-order valence-corrected chi connectivity index (χ2v) is 5.16. The van der Waals surface area contributed by atoms with Gasteiger partial charge < -0.3 is 19.2 Å². The average Bonchev–Trinajstić information content (AvgIpc) is 3.00. The van der Waals surface area contributed by atoms with Gasteiger partial charge in [0.05, 0.1) is 14.2 Å². The molecule has 0 atom stereocenters. The van der Waals surface area contributed by atoms with Gasteiger partial charge in [-0.05, 0) is 51.8 Å². The van der Waals surface area contributed by atoms with Crippen LogP contribution in [0.2, 0.25) is 0 Å². The van der Waals surface area contributed by atoms with Crippen molar-refractivity contribution in [2.45, 2.75) is 0 Å². The number of nitrogens with one attached hydrogen (secondary N) is 1. The molecule has 0 saturated heterocycles. The topological polar surface area (TPSA) is 77.8 Å². The summed E-state index contributed by atoms with van der Waals surface area (Å²) in [5.74, 6) is -0.465. The first-order valence-corrected chi connectivity index (χ1v) is 7.33. The van der Waals surface area contributed by atoms with Crippen molar-refractivity contribution in [1.29, 1.82) is 0 Å². The van der Waals surface area contributed by atoms with Crippen molar-refractivity contribution < 1.29 is 23.5 Å². The molecule has 6 nitrogen and oxygen atoms in total. The summed E-state index contributed by atoms with van der Waals surface area (Å²) in [6.07, 6.45) is 1.50. The van der Waals surface area contributed by atoms with E-state index in [0.29, 0.717) is 16.0 Å². The zero-order chi connectivity index (χ0) is 16.8. The van der Waals surface area contributed by atoms with Crippen LogP contribution in [-0.4, -0.2) is 26.1 Å². The molecule has 7 heteroatoms. The Bertz CT molecular complexity index is 733. The van der Waals surface area contributed by atoms with Crippen LogP contribution in [0.4, 0.5) is 0 Å². The van der Waals surface area contributed by atoms with Crippen molar-refractivity contribution in [3.8, 4) is 5.75 Å². The predicted octanol–water partition coefficient (Wildman–Crippen LogP) is 2.99. The van der Waals surface area contributed by atoms with Crippen molar-refractivity contribution in [1.82, 2.24) is 5.32 Å². The number of benzene rings is 1. The van der Waals surface area contributed by atoms with Crippen LogP contribution in [0.3, 0.4) is 0 Å². The van der Waals surface area contributed by atoms with Gasteiger partial charge in [-0.3, -0.25) is 4.79 Å². The highest BCUT2D eigenvalue weighted by molar-refractivity contribution is 9.10. The fourth-order valence-electron chi connectivity index (χ4n) is 1.74. The van der Waals surface area contributed by atoms with Crippen LogP contribution < -0.4 is 10.1 Å². The van der Waals surface area contributed by atoms with Gasteiger partial charge in [-0.1, -0.05) is 12.1 Å². The maximum atomic E-state index is 12.1. The first-order valence-electron chi connectivity index (χ1n) is 6.54. The van der Waals surface area contributed by atoms with Gasteiger partial charge in [0, 0.05) is 0 Å². The lowest BCUT2D eigenvalue weighted by atomic mass is 10.2. The molecule has 120 valence electrons. The number of carbonyl (C=O) groups is 2. The summed E-state index contributed by atoms with van der Waals surface area (Å²) >= 11 is 3.11. The largest absolute Gasteiger partial charge is 0.497 e. The fourth-order valence-corrected chi connectivity index (χ4v) is 2.05. The molecule has 1 N–H and O–H groups in total. The van der Waals surface area contributed by atoms with Crippen LogP contribution in [-0.2, 0) is 9.53 Å². The van der Waals surface area contributed by atoms with E-state index < -0.39 is 11.9 Å². The molecule has 1 heterocycles. The van der Waals surface area contributed by atoms with Gasteiger partial charge >= 0.3 is 5.97 Å². The van der Waals surface area contributed by atoms with Gasteiger partial charge in [-0.15, -0.1) is 0 Å². The van der Waals surface area contributed by atoms with Gasteiger partial charge in [-0.2, -0.15) is 0 Å². The minimum Gasteiger partial charge on any atom is -0.497 e. The molecule has 2 aromatic rings. The van der Waals surface area contributed by atoms with Gasteiger partial charge in [0.1, 0.15) is 11.4 Å². The van der Waals surface area contributed by atoms with Crippen LogP contribution in [0.1, 0.15) is 16.1 Å². The molecule has 0 aliphatic heterocycles. The molecule has 1 aromatic heterocycles. The number of ether oxygens (including phenoxy) is 2. The Labute approximate surface area is 141 Å². The third-order valence-corrected chi connectivity index (χ3v) is 3.30. The first-order chi connectivity index (χ1) is 11.0. The molecule has 0 bridgehead atoms. The molecule has 1 amide bonds. The first kappa shape index (κ1) is 16.8. The number of methoxy groups -OCH3 is 2. The second-order valence-electron chi connectivity index (χ2n) is 4.38. The van der Waals surface area contributed by atoms with Crippen LogP contribution >= 0.6 is 15.9 Å². The van der Waals surface area contributed by atoms with Gasteiger partial charge in [0.25, 0.3) is 5.91 Å². The van der Waals surface area contributed by atoms with E-state index in [0.717, 1.165) is 0 Å². The lowest BCUT2D eigenvalue weighted by Crippen LogP contribution is -2.27. The molecule has 2 rings (SSSR count). The van der Waals surface area contributed by atoms with E-state index in [-0.39, 0.29) is 11.5 Å². The van der Waals surface area contributed by atoms with E-state index >= 15 is 0 Å². The molecule has 0 radical (unpaired) electrons. The Balaban J connectivity index is 2.23. The number of rotatable bonds is 5. The monoisotopic (exact) mass is 379 g/mol. The van der Waals surface area contributed by atoms with E-state index in [1.54, 1.807) is 37.4 Å². The van der Waals surface area contributed by atoms with Crippen LogP contribution in [0.25, 0.3) is 6.08 Å². The van der Waals surface area contributed by atoms with Gasteiger partial charge in [0.15, 0.2) is 10.4 Å². The Morgan fingerprint density at radius 1 is 1.13 bits per heavy atom. The number of furan rings is 1. The van der Waals surface area contributed by atoms with Crippen LogP contribution in [0.15, 0.2) is 51.2 Å². The molecule has 23 heavy (non-hydrogen) atoms. The smallest absolute Gasteiger partial charge is 0.354 e. The van der Waals surface area contributed by atoms with Crippen LogP contribution in [0.5, 0.6) is 5.75 Å². The lowest BCUT2D eigenvalue weighted by Gasteiger charge is -2.07. The third kappa shape index (κ3) is 4.46. The van der Waals surface area contributed by atoms with Crippen molar-refractivity contribution >= 4 is 33.9 Å². The summed E-state index contributed by atoms with van der Waals surface area (Å²) in [4.78, 5) is 23.9. The SMILES string of the molecule is COC(=O)C(=Cc1ccc(OC)cc1)NC(=O)c1ccc(Br)o1. The fraction of sp³-hybridized carbons (Fsp3) is 0.125. The van der Waals surface area contributed by atoms with Crippen LogP contribution in [0, 0.1) is 0 Å². The maximum Gasteiger partial charge on any atom is 0.354 e. The van der Waals surface area contributed by atoms with Crippen molar-refractivity contribution in [2.24, 2.45) is 0 Å². The van der Waals surface area contributed by atoms with E-state index in [1.165, 1.54) is 19.3 Å². The number of amides is 1. The molecule has 0 aliphatic carbocycles. The summed E-state index contributed by atoms with van der Waals surface area (Å²) in [5.41, 5.74) is 0.697. The van der Waals surface area contributed by atoms with E-state index in [1.807, 2.05) is 0 Å². The van der Waals surface area contributed by atoms with E-state index in [4.69, 9.17) is 9.15 Å². The third-order valence-electron chi connectivity index (χ3n) is 2.88. The van der Waals surface area contributed by atoms with Gasteiger partial charge in [-0.25, -0.2) is 4.79 Å². The predicted molar refractivity (Wildman–Crippen MR) is 86.9 cm³/mol. The molecule has 0 spiro atoms. The number of carbonyl (C=O) groups excluding carboxylic acids is 2. The minimum absolute atomic E-state index is 0.00445. The quantitative estimate of drug-likeness (QED) is 0.638. The van der Waals surface area contributed by atoms with E-state index in [2.05, 4.69) is 26.0 Å². The normalized spacial score (nSPS) is 11.0. The Morgan fingerprint density at radius 2 is 1.83 bits per heavy atom. The number of hydrogen-bond donors (Lipinski definition) is 1. The molecule has 0 unspecified atom stereocenters. The summed E-state index contributed by atoms with van der Waals surface area (Å²) < 4.78 is 15.3. The highest BCUT2D eigenvalue weighted by atomic mass is 79.9. The highest BCUT2D eigenvalue weighted by Crippen LogP contribution is 2.16. The standard InChI is InChI=1S/C16H14BrNO5/c1-21-11-5-3-10(4-6-11)9-12(16(20)22-2)18-15(19)13-7-8-14(17)23-13/h3-9H,1-2H3,(H,18,19). The lowest BCUT2D eigenvalue weighted by molar-refractivity contribution is -0.136. The molecular weight excluding hydrogens is 366 g/mol. The Hall–Kier alpha value is -2.54. The molecule has 0 saturated carbocycles. The Kier molecular flexibility index (Phi) is 5.59. The molecular formula is C16H14BrNO5. The number of hydrogen-bond acceptors (Lipinski definition) is 5. The maximum absolute atomic E-state index is 12.1. The number of halogens is 1. The van der Waals surface area contributed by atoms with Crippen molar-refractivity contribution in [3.05, 3.63) is 58.1 Å². The van der Waals surface area contributed by atoms with Crippen molar-refractivity contribution in [2.75, 3.05) is 14.2 Å². The minimum atomic E-state index is -0.667. The highest BCUT2D eigenvalue weighted by Gasteiger charge is 2.17. The summed E-state index contributed by atoms with van der Waals surface area (Å²) in [7, 11) is 2.80. The van der Waals surface area contributed by atoms with E-state index in [9.17, 15) is 9.59 Å². The zero-order valence-corrected chi connectivity index (χ0v) is 14.0. The number of esters is 1. The summed E-state index contributed by atoms with van der Waals surface area (Å²) in [5, 5.41) is 2.48. The van der Waals surface area contributed by atoms with Crippen molar-refractivity contribution in [3.63, 3.8) is 0 Å². The summed E-state index contributed by atoms with van der Waals surface area (Å²) in [6, 6.07) is 10.1. The molecule has 1 aromatic carbocycles. The van der Waals surface area contributed by atoms with Gasteiger partial charge in [0.2, 0.25) is 0 Å². The molecule has 0 aliphatic rings. The molecule has 0 fully saturated rings. The average molecular weight is 380 g/mol. The summed E-state index contributed by atoms with van der Waals surface area (Å²) in [6.45, 7) is 0. The Morgan fingerprint density at radius 3 is 2.35 bits per heavy atom.